The van der Waals surface area contributed by atoms with Gasteiger partial charge in [-0.05, 0) is 68.1 Å². The molecule has 2 aromatic heterocycles. The van der Waals surface area contributed by atoms with E-state index in [9.17, 15) is 13.2 Å². The predicted molar refractivity (Wildman–Crippen MR) is 182 cm³/mol. The number of hydrogen-bond donors (Lipinski definition) is 3. The third kappa shape index (κ3) is 6.07. The number of fused-ring (bicyclic) bond motifs is 2. The SMILES string of the molecule is NCCC(N)(c1nc(-c2ccc(F)cc2F)c2ccccc2n1)C(N)C1CCN(c2nc(-c3ccc(F)cc3F)c3ccccc3n2)CC1. The third-order valence-electron chi connectivity index (χ3n) is 9.47. The van der Waals surface area contributed by atoms with E-state index in [-0.39, 0.29) is 41.5 Å². The number of para-hydroxylation sites is 2. The number of hydrogen-bond acceptors (Lipinski definition) is 8. The van der Waals surface area contributed by atoms with Crippen LogP contribution < -0.4 is 22.1 Å². The second-order valence-electron chi connectivity index (χ2n) is 12.5. The van der Waals surface area contributed by atoms with Gasteiger partial charge in [-0.1, -0.05) is 36.4 Å². The van der Waals surface area contributed by atoms with Crippen LogP contribution in [-0.2, 0) is 5.54 Å². The summed E-state index contributed by atoms with van der Waals surface area (Å²) in [5.41, 5.74) is 21.1. The molecule has 4 aromatic carbocycles. The molecular formula is C37H34F4N8. The van der Waals surface area contributed by atoms with Crippen LogP contribution in [0.2, 0.25) is 0 Å². The van der Waals surface area contributed by atoms with E-state index in [4.69, 9.17) is 37.1 Å². The number of benzene rings is 4. The largest absolute Gasteiger partial charge is 0.341 e. The van der Waals surface area contributed by atoms with E-state index in [2.05, 4.69) is 0 Å². The first-order chi connectivity index (χ1) is 23.7. The molecule has 0 amide bonds. The van der Waals surface area contributed by atoms with Crippen molar-refractivity contribution >= 4 is 27.8 Å². The first-order valence-corrected chi connectivity index (χ1v) is 16.1. The van der Waals surface area contributed by atoms with E-state index in [0.717, 1.165) is 12.1 Å². The molecule has 0 radical (unpaired) electrons. The molecule has 0 aliphatic carbocycles. The molecule has 8 nitrogen and oxygen atoms in total. The van der Waals surface area contributed by atoms with Crippen molar-refractivity contribution < 1.29 is 17.6 Å². The van der Waals surface area contributed by atoms with Crippen LogP contribution in [0.3, 0.4) is 0 Å². The van der Waals surface area contributed by atoms with Crippen LogP contribution in [0.4, 0.5) is 23.5 Å². The lowest BCUT2D eigenvalue weighted by Crippen LogP contribution is -2.59. The molecule has 1 aliphatic rings. The Labute approximate surface area is 280 Å². The summed E-state index contributed by atoms with van der Waals surface area (Å²) >= 11 is 0. The molecule has 0 spiro atoms. The van der Waals surface area contributed by atoms with Crippen LogP contribution in [0.1, 0.15) is 25.1 Å². The highest BCUT2D eigenvalue weighted by atomic mass is 19.1. The van der Waals surface area contributed by atoms with E-state index < -0.39 is 34.8 Å². The fourth-order valence-electron chi connectivity index (χ4n) is 6.81. The van der Waals surface area contributed by atoms with Gasteiger partial charge < -0.3 is 22.1 Å². The number of anilines is 1. The lowest BCUT2D eigenvalue weighted by molar-refractivity contribution is 0.212. The fourth-order valence-corrected chi connectivity index (χ4v) is 6.81. The number of piperidine rings is 1. The van der Waals surface area contributed by atoms with Crippen molar-refractivity contribution in [3.05, 3.63) is 114 Å². The lowest BCUT2D eigenvalue weighted by Gasteiger charge is -2.42. The minimum atomic E-state index is -1.27. The van der Waals surface area contributed by atoms with Crippen molar-refractivity contribution in [1.29, 1.82) is 0 Å². The van der Waals surface area contributed by atoms with Gasteiger partial charge in [0.25, 0.3) is 0 Å². The highest BCUT2D eigenvalue weighted by molar-refractivity contribution is 5.94. The molecule has 0 saturated carbocycles. The molecule has 12 heteroatoms. The highest BCUT2D eigenvalue weighted by Crippen LogP contribution is 2.37. The number of nitrogens with two attached hydrogens (primary N) is 3. The Hall–Kier alpha value is -5.04. The van der Waals surface area contributed by atoms with Crippen LogP contribution in [0.25, 0.3) is 44.3 Å². The van der Waals surface area contributed by atoms with Gasteiger partial charge in [0.2, 0.25) is 5.95 Å². The van der Waals surface area contributed by atoms with Crippen molar-refractivity contribution in [2.45, 2.75) is 30.8 Å². The Morgan fingerprint density at radius 3 is 1.80 bits per heavy atom. The Morgan fingerprint density at radius 2 is 1.24 bits per heavy atom. The maximum absolute atomic E-state index is 15.1. The molecule has 1 fully saturated rings. The molecule has 49 heavy (non-hydrogen) atoms. The molecule has 6 N–H and O–H groups in total. The average molecular weight is 667 g/mol. The monoisotopic (exact) mass is 666 g/mol. The van der Waals surface area contributed by atoms with E-state index in [0.29, 0.717) is 59.4 Å². The Bertz CT molecular complexity index is 2170. The normalized spacial score (nSPS) is 15.9. The summed E-state index contributed by atoms with van der Waals surface area (Å²) in [5.74, 6) is -2.25. The number of aromatic nitrogens is 4. The van der Waals surface area contributed by atoms with Crippen LogP contribution in [-0.4, -0.2) is 45.6 Å². The Balaban J connectivity index is 1.20. The molecule has 3 heterocycles. The third-order valence-corrected chi connectivity index (χ3v) is 9.47. The second kappa shape index (κ2) is 13.1. The van der Waals surface area contributed by atoms with Gasteiger partial charge in [0, 0.05) is 53.2 Å². The molecule has 250 valence electrons. The topological polar surface area (TPSA) is 133 Å². The smallest absolute Gasteiger partial charge is 0.226 e. The molecule has 2 atom stereocenters. The fraction of sp³-hybridized carbons (Fsp3) is 0.243. The van der Waals surface area contributed by atoms with Crippen LogP contribution >= 0.6 is 0 Å². The van der Waals surface area contributed by atoms with E-state index in [1.807, 2.05) is 35.2 Å². The van der Waals surface area contributed by atoms with Gasteiger partial charge in [-0.2, -0.15) is 0 Å². The Kier molecular flexibility index (Phi) is 8.70. The number of rotatable bonds is 8. The van der Waals surface area contributed by atoms with Crippen molar-refractivity contribution in [3.8, 4) is 22.5 Å². The first kappa shape index (κ1) is 32.5. The number of nitrogens with zero attached hydrogens (tertiary/aromatic N) is 5. The zero-order valence-electron chi connectivity index (χ0n) is 26.5. The zero-order valence-corrected chi connectivity index (χ0v) is 26.5. The molecule has 1 saturated heterocycles. The zero-order chi connectivity index (χ0) is 34.3. The van der Waals surface area contributed by atoms with Crippen molar-refractivity contribution in [1.82, 2.24) is 19.9 Å². The molecule has 0 bridgehead atoms. The quantitative estimate of drug-likeness (QED) is 0.163. The van der Waals surface area contributed by atoms with Crippen molar-refractivity contribution in [3.63, 3.8) is 0 Å². The Morgan fingerprint density at radius 1 is 0.714 bits per heavy atom. The van der Waals surface area contributed by atoms with Crippen molar-refractivity contribution in [2.24, 2.45) is 23.1 Å². The molecule has 7 rings (SSSR count). The second-order valence-corrected chi connectivity index (χ2v) is 12.5. The maximum Gasteiger partial charge on any atom is 0.226 e. The van der Waals surface area contributed by atoms with Crippen LogP contribution in [0.15, 0.2) is 84.9 Å². The van der Waals surface area contributed by atoms with Gasteiger partial charge in [-0.3, -0.25) is 0 Å². The summed E-state index contributed by atoms with van der Waals surface area (Å²) in [7, 11) is 0. The minimum Gasteiger partial charge on any atom is -0.341 e. The van der Waals surface area contributed by atoms with Gasteiger partial charge in [-0.25, -0.2) is 37.5 Å². The summed E-state index contributed by atoms with van der Waals surface area (Å²) in [4.78, 5) is 21.2. The van der Waals surface area contributed by atoms with Gasteiger partial charge in [0.05, 0.1) is 28.0 Å². The highest BCUT2D eigenvalue weighted by Gasteiger charge is 2.42. The molecule has 1 aliphatic heterocycles. The van der Waals surface area contributed by atoms with Gasteiger partial charge in [0.1, 0.15) is 23.3 Å². The first-order valence-electron chi connectivity index (χ1n) is 16.1. The van der Waals surface area contributed by atoms with Crippen LogP contribution in [0.5, 0.6) is 0 Å². The summed E-state index contributed by atoms with van der Waals surface area (Å²) in [6.45, 7) is 1.27. The summed E-state index contributed by atoms with van der Waals surface area (Å²) in [6, 6.07) is 20.6. The summed E-state index contributed by atoms with van der Waals surface area (Å²) in [6.07, 6.45) is 1.50. The van der Waals surface area contributed by atoms with Gasteiger partial charge >= 0.3 is 0 Å². The van der Waals surface area contributed by atoms with Gasteiger partial charge in [-0.15, -0.1) is 0 Å². The standard InChI is InChI=1S/C37H34F4N8/c38-22-9-11-24(28(40)19-22)32-26-5-1-3-7-30(26)45-35(47-32)37(44,15-16-42)34(43)21-13-17-49(18-14-21)36-46-31-8-4-2-6-27(31)33(48-36)25-12-10-23(39)20-29(25)41/h1-12,19-21,34H,13-18,42-44H2. The minimum absolute atomic E-state index is 0.0802. The summed E-state index contributed by atoms with van der Waals surface area (Å²) in [5, 5.41) is 1.24. The molecule has 2 unspecified atom stereocenters. The van der Waals surface area contributed by atoms with Crippen molar-refractivity contribution in [2.75, 3.05) is 24.5 Å². The molecular weight excluding hydrogens is 632 g/mol. The van der Waals surface area contributed by atoms with Gasteiger partial charge in [0.15, 0.2) is 5.82 Å². The van der Waals surface area contributed by atoms with Crippen LogP contribution in [0, 0.1) is 29.2 Å². The lowest BCUT2D eigenvalue weighted by atomic mass is 9.76. The predicted octanol–water partition coefficient (Wildman–Crippen LogP) is 6.21. The molecule has 6 aromatic rings. The summed E-state index contributed by atoms with van der Waals surface area (Å²) < 4.78 is 57.6. The maximum atomic E-state index is 15.1. The number of halogens is 4. The van der Waals surface area contributed by atoms with E-state index in [1.165, 1.54) is 24.3 Å². The van der Waals surface area contributed by atoms with E-state index >= 15 is 4.39 Å². The van der Waals surface area contributed by atoms with E-state index in [1.54, 1.807) is 18.2 Å². The average Bonchev–Trinajstić information content (AvgIpc) is 3.11.